The average molecular weight is 392 g/mol. The lowest BCUT2D eigenvalue weighted by Gasteiger charge is -2.60. The number of hydrogen-bond acceptors (Lipinski definition) is 5. The molecule has 3 fully saturated rings. The van der Waals surface area contributed by atoms with Gasteiger partial charge < -0.3 is 15.3 Å². The van der Waals surface area contributed by atoms with Gasteiger partial charge in [0.1, 0.15) is 18.4 Å². The Hall–Kier alpha value is -1.37. The molecule has 0 bridgehead atoms. The standard InChI is InChI=1S/C22H29FO5/c1-11-6-14-13-8-16(23)15-7-12(25)4-5-20(15,2)19(13)17(26)9-21(14,3)22(11,28)18(27)10-24/h4-5,7,11,13-14,16-17,19,24,26,28H,6,8-10H2,1-3H3/t11?,13-,14-,16?,17?,19+,20-,21-,22-/m0/s1. The molecule has 4 aliphatic carbocycles. The highest BCUT2D eigenvalue weighted by atomic mass is 19.1. The highest BCUT2D eigenvalue weighted by Gasteiger charge is 2.71. The summed E-state index contributed by atoms with van der Waals surface area (Å²) in [5.41, 5.74) is -3.00. The Labute approximate surface area is 164 Å². The summed E-state index contributed by atoms with van der Waals surface area (Å²) in [6.07, 6.45) is 3.29. The van der Waals surface area contributed by atoms with E-state index in [0.717, 1.165) is 0 Å². The summed E-state index contributed by atoms with van der Waals surface area (Å²) < 4.78 is 15.2. The maximum Gasteiger partial charge on any atom is 0.190 e. The topological polar surface area (TPSA) is 94.8 Å². The molecule has 3 saturated carbocycles. The van der Waals surface area contributed by atoms with E-state index < -0.39 is 41.1 Å². The third-order valence-corrected chi connectivity index (χ3v) is 8.63. The Morgan fingerprint density at radius 2 is 2.00 bits per heavy atom. The first-order chi connectivity index (χ1) is 13.0. The zero-order chi connectivity index (χ0) is 20.6. The van der Waals surface area contributed by atoms with Crippen molar-refractivity contribution >= 4 is 11.6 Å². The van der Waals surface area contributed by atoms with Gasteiger partial charge in [-0.2, -0.15) is 0 Å². The molecule has 0 amide bonds. The van der Waals surface area contributed by atoms with Gasteiger partial charge in [0.25, 0.3) is 0 Å². The number of carbonyl (C=O) groups excluding carboxylic acids is 2. The van der Waals surface area contributed by atoms with Crippen molar-refractivity contribution in [1.82, 2.24) is 0 Å². The van der Waals surface area contributed by atoms with Gasteiger partial charge in [-0.1, -0.05) is 26.8 Å². The summed E-state index contributed by atoms with van der Waals surface area (Å²) in [5, 5.41) is 32.1. The number of ketones is 2. The normalized spacial score (nSPS) is 52.5. The third-order valence-electron chi connectivity index (χ3n) is 8.63. The molecule has 0 saturated heterocycles. The van der Waals surface area contributed by atoms with Crippen molar-refractivity contribution in [3.8, 4) is 0 Å². The summed E-state index contributed by atoms with van der Waals surface area (Å²) in [6.45, 7) is 4.71. The van der Waals surface area contributed by atoms with Gasteiger partial charge in [-0.3, -0.25) is 9.59 Å². The largest absolute Gasteiger partial charge is 0.393 e. The number of allylic oxidation sites excluding steroid dienone is 4. The van der Waals surface area contributed by atoms with Crippen LogP contribution in [0.15, 0.2) is 23.8 Å². The molecule has 4 rings (SSSR count). The fourth-order valence-electron chi connectivity index (χ4n) is 7.38. The van der Waals surface area contributed by atoms with E-state index in [1.807, 2.05) is 6.92 Å². The Kier molecular flexibility index (Phi) is 4.32. The summed E-state index contributed by atoms with van der Waals surface area (Å²) in [6, 6.07) is 0. The van der Waals surface area contributed by atoms with Crippen LogP contribution in [0.25, 0.3) is 0 Å². The van der Waals surface area contributed by atoms with Crippen LogP contribution < -0.4 is 0 Å². The van der Waals surface area contributed by atoms with E-state index in [0.29, 0.717) is 12.0 Å². The summed E-state index contributed by atoms with van der Waals surface area (Å²) >= 11 is 0. The lowest BCUT2D eigenvalue weighted by molar-refractivity contribution is -0.185. The monoisotopic (exact) mass is 392 g/mol. The van der Waals surface area contributed by atoms with E-state index in [4.69, 9.17) is 0 Å². The molecule has 6 heteroatoms. The van der Waals surface area contributed by atoms with Crippen LogP contribution in [0.4, 0.5) is 4.39 Å². The molecule has 3 N–H and O–H groups in total. The molecule has 4 aliphatic rings. The van der Waals surface area contributed by atoms with Crippen LogP contribution in [0.2, 0.25) is 0 Å². The molecule has 0 spiro atoms. The van der Waals surface area contributed by atoms with Crippen LogP contribution in [-0.2, 0) is 9.59 Å². The van der Waals surface area contributed by atoms with E-state index in [-0.39, 0.29) is 42.3 Å². The number of halogens is 1. The number of alkyl halides is 1. The van der Waals surface area contributed by atoms with Gasteiger partial charge in [0, 0.05) is 16.7 Å². The number of aliphatic hydroxyl groups is 3. The van der Waals surface area contributed by atoms with E-state index in [1.54, 1.807) is 19.9 Å². The summed E-state index contributed by atoms with van der Waals surface area (Å²) in [5.74, 6) is -1.92. The number of rotatable bonds is 2. The van der Waals surface area contributed by atoms with Gasteiger partial charge in [0.2, 0.25) is 0 Å². The molecule has 9 atom stereocenters. The second kappa shape index (κ2) is 6.07. The molecule has 0 aromatic carbocycles. The Balaban J connectivity index is 1.81. The van der Waals surface area contributed by atoms with E-state index in [9.17, 15) is 24.9 Å². The quantitative estimate of drug-likeness (QED) is 0.666. The van der Waals surface area contributed by atoms with Crippen LogP contribution in [0.3, 0.4) is 0 Å². The molecule has 3 unspecified atom stereocenters. The second-order valence-electron chi connectivity index (χ2n) is 9.79. The fourth-order valence-corrected chi connectivity index (χ4v) is 7.38. The highest BCUT2D eigenvalue weighted by Crippen LogP contribution is 2.68. The van der Waals surface area contributed by atoms with Crippen molar-refractivity contribution in [2.24, 2.45) is 34.5 Å². The molecule has 0 radical (unpaired) electrons. The predicted octanol–water partition coefficient (Wildman–Crippen LogP) is 1.75. The van der Waals surface area contributed by atoms with Crippen LogP contribution in [0.5, 0.6) is 0 Å². The van der Waals surface area contributed by atoms with Crippen molar-refractivity contribution in [1.29, 1.82) is 0 Å². The highest BCUT2D eigenvalue weighted by molar-refractivity contribution is 6.01. The molecule has 0 heterocycles. The number of aliphatic hydroxyl groups excluding tert-OH is 2. The molecule has 5 nitrogen and oxygen atoms in total. The first kappa shape index (κ1) is 19.9. The van der Waals surface area contributed by atoms with Gasteiger partial charge in [-0.25, -0.2) is 4.39 Å². The van der Waals surface area contributed by atoms with Gasteiger partial charge in [-0.05, 0) is 54.7 Å². The maximum absolute atomic E-state index is 15.2. The minimum absolute atomic E-state index is 0.154. The van der Waals surface area contributed by atoms with Gasteiger partial charge >= 0.3 is 0 Å². The molecule has 154 valence electrons. The lowest BCUT2D eigenvalue weighted by Crippen LogP contribution is -2.63. The van der Waals surface area contributed by atoms with Crippen LogP contribution in [0.1, 0.15) is 40.0 Å². The van der Waals surface area contributed by atoms with Gasteiger partial charge in [-0.15, -0.1) is 0 Å². The van der Waals surface area contributed by atoms with Crippen molar-refractivity contribution < 1.29 is 29.3 Å². The van der Waals surface area contributed by atoms with Crippen molar-refractivity contribution in [2.45, 2.75) is 57.9 Å². The van der Waals surface area contributed by atoms with Crippen molar-refractivity contribution in [3.05, 3.63) is 23.8 Å². The van der Waals surface area contributed by atoms with E-state index >= 15 is 4.39 Å². The first-order valence-electron chi connectivity index (χ1n) is 10.1. The molecular formula is C22H29FO5. The van der Waals surface area contributed by atoms with Crippen molar-refractivity contribution in [3.63, 3.8) is 0 Å². The Morgan fingerprint density at radius 1 is 1.32 bits per heavy atom. The smallest absolute Gasteiger partial charge is 0.190 e. The second-order valence-corrected chi connectivity index (χ2v) is 9.79. The maximum atomic E-state index is 15.2. The zero-order valence-electron chi connectivity index (χ0n) is 16.6. The molecular weight excluding hydrogens is 363 g/mol. The fraction of sp³-hybridized carbons (Fsp3) is 0.727. The van der Waals surface area contributed by atoms with Gasteiger partial charge in [0.05, 0.1) is 6.10 Å². The van der Waals surface area contributed by atoms with E-state index in [2.05, 4.69) is 0 Å². The third kappa shape index (κ3) is 2.22. The molecule has 0 aliphatic heterocycles. The molecule has 28 heavy (non-hydrogen) atoms. The average Bonchev–Trinajstić information content (AvgIpc) is 2.83. The summed E-state index contributed by atoms with van der Waals surface area (Å²) in [4.78, 5) is 24.4. The Morgan fingerprint density at radius 3 is 2.64 bits per heavy atom. The SMILES string of the molecule is CC1C[C@H]2[C@@H]3CC(F)C4=CC(=O)C=C[C@]4(C)[C@H]3C(O)C[C@]2(C)[C@@]1(O)C(=O)CO. The lowest BCUT2D eigenvalue weighted by atomic mass is 9.46. The number of Topliss-reactive ketones (excluding diaryl/α,β-unsaturated/α-hetero) is 1. The van der Waals surface area contributed by atoms with Crippen LogP contribution in [0, 0.1) is 34.5 Å². The zero-order valence-corrected chi connectivity index (χ0v) is 16.6. The van der Waals surface area contributed by atoms with Crippen LogP contribution >= 0.6 is 0 Å². The first-order valence-corrected chi connectivity index (χ1v) is 10.1. The minimum Gasteiger partial charge on any atom is -0.393 e. The number of hydrogen-bond donors (Lipinski definition) is 3. The predicted molar refractivity (Wildman–Crippen MR) is 99.9 cm³/mol. The molecule has 0 aromatic heterocycles. The summed E-state index contributed by atoms with van der Waals surface area (Å²) in [7, 11) is 0. The number of carbonyl (C=O) groups is 2. The molecule has 0 aromatic rings. The number of fused-ring (bicyclic) bond motifs is 5. The minimum atomic E-state index is -1.74. The van der Waals surface area contributed by atoms with Crippen LogP contribution in [-0.4, -0.2) is 51.4 Å². The van der Waals surface area contributed by atoms with E-state index in [1.165, 1.54) is 12.2 Å². The van der Waals surface area contributed by atoms with Gasteiger partial charge in [0.15, 0.2) is 11.6 Å². The Bertz CT molecular complexity index is 790. The van der Waals surface area contributed by atoms with Crippen molar-refractivity contribution in [2.75, 3.05) is 6.61 Å².